The van der Waals surface area contributed by atoms with Crippen molar-refractivity contribution in [2.45, 2.75) is 13.8 Å². The molecule has 0 atom stereocenters. The van der Waals surface area contributed by atoms with E-state index in [4.69, 9.17) is 9.47 Å². The van der Waals surface area contributed by atoms with Gasteiger partial charge in [0.2, 0.25) is 15.9 Å². The van der Waals surface area contributed by atoms with E-state index in [-0.39, 0.29) is 18.1 Å². The molecule has 0 N–H and O–H groups in total. The van der Waals surface area contributed by atoms with Crippen LogP contribution in [-0.2, 0) is 14.8 Å². The third kappa shape index (κ3) is 5.09. The molecular formula is C23H31N3O5S. The Morgan fingerprint density at radius 1 is 1.03 bits per heavy atom. The quantitative estimate of drug-likeness (QED) is 0.630. The molecule has 32 heavy (non-hydrogen) atoms. The molecule has 9 heteroatoms. The van der Waals surface area contributed by atoms with Crippen molar-refractivity contribution in [3.8, 4) is 11.5 Å². The fourth-order valence-electron chi connectivity index (χ4n) is 3.87. The lowest BCUT2D eigenvalue weighted by molar-refractivity contribution is -0.129. The molecule has 2 aromatic carbocycles. The largest absolute Gasteiger partial charge is 0.497 e. The molecule has 1 saturated heterocycles. The first-order valence-corrected chi connectivity index (χ1v) is 12.3. The van der Waals surface area contributed by atoms with Crippen LogP contribution in [-0.4, -0.2) is 72.4 Å². The van der Waals surface area contributed by atoms with E-state index in [2.05, 4.69) is 30.9 Å². The number of amides is 1. The van der Waals surface area contributed by atoms with E-state index in [1.165, 1.54) is 31.0 Å². The normalized spacial score (nSPS) is 14.3. The first-order chi connectivity index (χ1) is 15.2. The fraction of sp³-hybridized carbons (Fsp3) is 0.435. The standard InChI is InChI=1S/C23H31N3O5S/c1-17-7-6-8-20(18(17)2)24-11-13-25(14-12-24)23(27)16-26(32(5,28)29)21-15-19(30-3)9-10-22(21)31-4/h6-10,15H,11-14,16H2,1-5H3. The monoisotopic (exact) mass is 461 g/mol. The zero-order valence-corrected chi connectivity index (χ0v) is 20.1. The summed E-state index contributed by atoms with van der Waals surface area (Å²) in [6, 6.07) is 11.1. The van der Waals surface area contributed by atoms with Crippen LogP contribution < -0.4 is 18.7 Å². The lowest BCUT2D eigenvalue weighted by Crippen LogP contribution is -2.52. The molecule has 0 radical (unpaired) electrons. The number of carbonyl (C=O) groups is 1. The van der Waals surface area contributed by atoms with E-state index < -0.39 is 10.0 Å². The Morgan fingerprint density at radius 2 is 1.72 bits per heavy atom. The summed E-state index contributed by atoms with van der Waals surface area (Å²) >= 11 is 0. The van der Waals surface area contributed by atoms with E-state index in [0.29, 0.717) is 37.7 Å². The summed E-state index contributed by atoms with van der Waals surface area (Å²) in [5.74, 6) is 0.578. The van der Waals surface area contributed by atoms with Crippen molar-refractivity contribution in [1.82, 2.24) is 4.90 Å². The van der Waals surface area contributed by atoms with Gasteiger partial charge in [-0.3, -0.25) is 9.10 Å². The number of nitrogens with zero attached hydrogens (tertiary/aromatic N) is 3. The number of hydrogen-bond donors (Lipinski definition) is 0. The summed E-state index contributed by atoms with van der Waals surface area (Å²) in [6.45, 7) is 6.33. The maximum atomic E-state index is 13.1. The molecule has 8 nitrogen and oxygen atoms in total. The molecule has 0 saturated carbocycles. The molecular weight excluding hydrogens is 430 g/mol. The Balaban J connectivity index is 1.76. The first-order valence-electron chi connectivity index (χ1n) is 10.4. The molecule has 1 heterocycles. The maximum absolute atomic E-state index is 13.1. The number of ether oxygens (including phenoxy) is 2. The van der Waals surface area contributed by atoms with Crippen LogP contribution in [0.25, 0.3) is 0 Å². The molecule has 1 amide bonds. The summed E-state index contributed by atoms with van der Waals surface area (Å²) in [5, 5.41) is 0. The second-order valence-corrected chi connectivity index (χ2v) is 9.80. The molecule has 0 spiro atoms. The summed E-state index contributed by atoms with van der Waals surface area (Å²) in [7, 11) is -0.778. The Labute approximate surface area is 190 Å². The van der Waals surface area contributed by atoms with Gasteiger partial charge in [-0.2, -0.15) is 0 Å². The van der Waals surface area contributed by atoms with E-state index >= 15 is 0 Å². The van der Waals surface area contributed by atoms with E-state index in [1.807, 2.05) is 6.07 Å². The number of benzene rings is 2. The number of piperazine rings is 1. The molecule has 1 aliphatic rings. The average Bonchev–Trinajstić information content (AvgIpc) is 2.78. The zero-order valence-electron chi connectivity index (χ0n) is 19.3. The minimum atomic E-state index is -3.73. The second-order valence-electron chi connectivity index (χ2n) is 7.89. The SMILES string of the molecule is COc1ccc(OC)c(N(CC(=O)N2CCN(c3cccc(C)c3C)CC2)S(C)(=O)=O)c1. The van der Waals surface area contributed by atoms with Gasteiger partial charge in [0.15, 0.2) is 0 Å². The summed E-state index contributed by atoms with van der Waals surface area (Å²) < 4.78 is 36.8. The molecule has 1 fully saturated rings. The molecule has 174 valence electrons. The van der Waals surface area contributed by atoms with Gasteiger partial charge in [0.25, 0.3) is 0 Å². The molecule has 0 aliphatic carbocycles. The molecule has 2 aromatic rings. The van der Waals surface area contributed by atoms with Crippen molar-refractivity contribution in [1.29, 1.82) is 0 Å². The smallest absolute Gasteiger partial charge is 0.243 e. The van der Waals surface area contributed by atoms with Gasteiger partial charge in [-0.15, -0.1) is 0 Å². The van der Waals surface area contributed by atoms with Gasteiger partial charge >= 0.3 is 0 Å². The van der Waals surface area contributed by atoms with Gasteiger partial charge in [-0.1, -0.05) is 12.1 Å². The Morgan fingerprint density at radius 3 is 2.31 bits per heavy atom. The highest BCUT2D eigenvalue weighted by Gasteiger charge is 2.29. The molecule has 0 aromatic heterocycles. The molecule has 1 aliphatic heterocycles. The highest BCUT2D eigenvalue weighted by molar-refractivity contribution is 7.92. The number of methoxy groups -OCH3 is 2. The lowest BCUT2D eigenvalue weighted by atomic mass is 10.1. The van der Waals surface area contributed by atoms with Gasteiger partial charge < -0.3 is 19.3 Å². The Bertz CT molecular complexity index is 1080. The summed E-state index contributed by atoms with van der Waals surface area (Å²) in [6.07, 6.45) is 1.08. The van der Waals surface area contributed by atoms with Crippen molar-refractivity contribution in [3.63, 3.8) is 0 Å². The van der Waals surface area contributed by atoms with Crippen LogP contribution in [0.3, 0.4) is 0 Å². The number of carbonyl (C=O) groups excluding carboxylic acids is 1. The van der Waals surface area contributed by atoms with Gasteiger partial charge in [0, 0.05) is 37.9 Å². The van der Waals surface area contributed by atoms with Crippen molar-refractivity contribution >= 4 is 27.3 Å². The molecule has 0 unspecified atom stereocenters. The van der Waals surface area contributed by atoms with Crippen molar-refractivity contribution in [3.05, 3.63) is 47.5 Å². The highest BCUT2D eigenvalue weighted by Crippen LogP contribution is 2.34. The summed E-state index contributed by atoms with van der Waals surface area (Å²) in [5.41, 5.74) is 3.92. The maximum Gasteiger partial charge on any atom is 0.243 e. The van der Waals surface area contributed by atoms with E-state index in [1.54, 1.807) is 23.1 Å². The van der Waals surface area contributed by atoms with Gasteiger partial charge in [0.1, 0.15) is 18.0 Å². The number of anilines is 2. The minimum absolute atomic E-state index is 0.249. The second kappa shape index (κ2) is 9.68. The Kier molecular flexibility index (Phi) is 7.18. The van der Waals surface area contributed by atoms with Crippen LogP contribution in [0.5, 0.6) is 11.5 Å². The molecule has 3 rings (SSSR count). The van der Waals surface area contributed by atoms with Crippen LogP contribution in [0, 0.1) is 13.8 Å². The minimum Gasteiger partial charge on any atom is -0.497 e. The predicted octanol–water partition coefficient (Wildman–Crippen LogP) is 2.44. The van der Waals surface area contributed by atoms with Crippen molar-refractivity contribution in [2.24, 2.45) is 0 Å². The number of rotatable bonds is 7. The Hall–Kier alpha value is -2.94. The highest BCUT2D eigenvalue weighted by atomic mass is 32.2. The number of sulfonamides is 1. The average molecular weight is 462 g/mol. The third-order valence-corrected chi connectivity index (χ3v) is 7.01. The van der Waals surface area contributed by atoms with Gasteiger partial charge in [-0.05, 0) is 43.2 Å². The van der Waals surface area contributed by atoms with Crippen molar-refractivity contribution < 1.29 is 22.7 Å². The van der Waals surface area contributed by atoms with Crippen molar-refractivity contribution in [2.75, 3.05) is 62.4 Å². The van der Waals surface area contributed by atoms with Gasteiger partial charge in [-0.25, -0.2) is 8.42 Å². The molecule has 0 bridgehead atoms. The van der Waals surface area contributed by atoms with Crippen LogP contribution in [0.1, 0.15) is 11.1 Å². The summed E-state index contributed by atoms with van der Waals surface area (Å²) in [4.78, 5) is 17.1. The first kappa shape index (κ1) is 23.7. The fourth-order valence-corrected chi connectivity index (χ4v) is 4.72. The number of aryl methyl sites for hydroxylation is 1. The van der Waals surface area contributed by atoms with Crippen LogP contribution >= 0.6 is 0 Å². The number of hydrogen-bond acceptors (Lipinski definition) is 6. The van der Waals surface area contributed by atoms with Crippen LogP contribution in [0.4, 0.5) is 11.4 Å². The third-order valence-electron chi connectivity index (χ3n) is 5.88. The lowest BCUT2D eigenvalue weighted by Gasteiger charge is -2.38. The predicted molar refractivity (Wildman–Crippen MR) is 126 cm³/mol. The van der Waals surface area contributed by atoms with E-state index in [0.717, 1.165) is 10.6 Å². The van der Waals surface area contributed by atoms with Crippen LogP contribution in [0.15, 0.2) is 36.4 Å². The van der Waals surface area contributed by atoms with Crippen LogP contribution in [0.2, 0.25) is 0 Å². The van der Waals surface area contributed by atoms with Gasteiger partial charge in [0.05, 0.1) is 26.2 Å². The zero-order chi connectivity index (χ0) is 23.5. The topological polar surface area (TPSA) is 79.4 Å². The van der Waals surface area contributed by atoms with E-state index in [9.17, 15) is 13.2 Å².